The van der Waals surface area contributed by atoms with Gasteiger partial charge in [-0.15, -0.1) is 0 Å². The largest absolute Gasteiger partial charge is 0.481 e. The van der Waals surface area contributed by atoms with E-state index in [0.29, 0.717) is 19.7 Å². The lowest BCUT2D eigenvalue weighted by atomic mass is 10.2. The van der Waals surface area contributed by atoms with E-state index in [4.69, 9.17) is 9.84 Å². The summed E-state index contributed by atoms with van der Waals surface area (Å²) in [4.78, 5) is 24.3. The summed E-state index contributed by atoms with van der Waals surface area (Å²) >= 11 is 0. The fraction of sp³-hybridized carbons (Fsp3) is 0.333. The first-order chi connectivity index (χ1) is 9.65. The van der Waals surface area contributed by atoms with Crippen molar-refractivity contribution in [3.63, 3.8) is 0 Å². The first-order valence-corrected chi connectivity index (χ1v) is 6.50. The SMILES string of the molecule is O=C(O)C[C@@H]1CN(C(=O)/C=C/c2ccccc2)CCO1. The molecule has 1 saturated heterocycles. The number of carbonyl (C=O) groups excluding carboxylic acids is 1. The second-order valence-corrected chi connectivity index (χ2v) is 4.62. The summed E-state index contributed by atoms with van der Waals surface area (Å²) in [6, 6.07) is 9.55. The molecule has 0 unspecified atom stereocenters. The van der Waals surface area contributed by atoms with Gasteiger partial charge in [-0.1, -0.05) is 30.3 Å². The molecule has 1 amide bonds. The molecule has 1 N–H and O–H groups in total. The number of carboxylic acids is 1. The van der Waals surface area contributed by atoms with Crippen LogP contribution in [0.15, 0.2) is 36.4 Å². The molecule has 5 nitrogen and oxygen atoms in total. The Bertz CT molecular complexity index is 498. The molecule has 1 fully saturated rings. The van der Waals surface area contributed by atoms with Crippen LogP contribution >= 0.6 is 0 Å². The van der Waals surface area contributed by atoms with Crippen molar-refractivity contribution in [1.82, 2.24) is 4.90 Å². The first kappa shape index (κ1) is 14.3. The van der Waals surface area contributed by atoms with Crippen LogP contribution < -0.4 is 0 Å². The highest BCUT2D eigenvalue weighted by Gasteiger charge is 2.24. The smallest absolute Gasteiger partial charge is 0.306 e. The number of nitrogens with zero attached hydrogens (tertiary/aromatic N) is 1. The molecule has 0 saturated carbocycles. The zero-order chi connectivity index (χ0) is 14.4. The van der Waals surface area contributed by atoms with E-state index in [1.165, 1.54) is 6.08 Å². The van der Waals surface area contributed by atoms with E-state index in [2.05, 4.69) is 0 Å². The van der Waals surface area contributed by atoms with Gasteiger partial charge in [0.05, 0.1) is 19.1 Å². The Morgan fingerprint density at radius 3 is 2.80 bits per heavy atom. The maximum Gasteiger partial charge on any atom is 0.306 e. The van der Waals surface area contributed by atoms with Gasteiger partial charge in [-0.3, -0.25) is 9.59 Å². The van der Waals surface area contributed by atoms with E-state index in [1.807, 2.05) is 30.3 Å². The van der Waals surface area contributed by atoms with Gasteiger partial charge in [0.25, 0.3) is 0 Å². The third kappa shape index (κ3) is 4.20. The van der Waals surface area contributed by atoms with Crippen molar-refractivity contribution < 1.29 is 19.4 Å². The van der Waals surface area contributed by atoms with Gasteiger partial charge in [0.2, 0.25) is 5.91 Å². The molecule has 1 aliphatic heterocycles. The average molecular weight is 275 g/mol. The van der Waals surface area contributed by atoms with Crippen LogP contribution in [0.25, 0.3) is 6.08 Å². The first-order valence-electron chi connectivity index (χ1n) is 6.50. The number of aliphatic carboxylic acids is 1. The number of carboxylic acid groups (broad SMARTS) is 1. The van der Waals surface area contributed by atoms with Crippen molar-refractivity contribution in [3.05, 3.63) is 42.0 Å². The second-order valence-electron chi connectivity index (χ2n) is 4.62. The third-order valence-electron chi connectivity index (χ3n) is 3.07. The highest BCUT2D eigenvalue weighted by molar-refractivity contribution is 5.91. The number of morpholine rings is 1. The molecular formula is C15H17NO4. The quantitative estimate of drug-likeness (QED) is 0.843. The highest BCUT2D eigenvalue weighted by Crippen LogP contribution is 2.10. The van der Waals surface area contributed by atoms with Crippen LogP contribution in [0.2, 0.25) is 0 Å². The molecule has 5 heteroatoms. The molecule has 1 aliphatic rings. The normalized spacial score (nSPS) is 19.2. The number of rotatable bonds is 4. The molecule has 2 rings (SSSR count). The maximum absolute atomic E-state index is 12.0. The summed E-state index contributed by atoms with van der Waals surface area (Å²) in [5.74, 6) is -1.03. The van der Waals surface area contributed by atoms with Crippen LogP contribution in [0.3, 0.4) is 0 Å². The van der Waals surface area contributed by atoms with Crippen LogP contribution in [0.5, 0.6) is 0 Å². The molecule has 0 aliphatic carbocycles. The Morgan fingerprint density at radius 2 is 2.10 bits per heavy atom. The Kier molecular flexibility index (Phi) is 4.90. The summed E-state index contributed by atoms with van der Waals surface area (Å²) in [6.07, 6.45) is 2.77. The summed E-state index contributed by atoms with van der Waals surface area (Å²) < 4.78 is 5.33. The molecule has 0 radical (unpaired) electrons. The van der Waals surface area contributed by atoms with E-state index in [0.717, 1.165) is 5.56 Å². The Labute approximate surface area is 117 Å². The molecule has 106 valence electrons. The minimum atomic E-state index is -0.913. The number of ether oxygens (including phenoxy) is 1. The monoisotopic (exact) mass is 275 g/mol. The second kappa shape index (κ2) is 6.86. The van der Waals surface area contributed by atoms with E-state index in [9.17, 15) is 9.59 Å². The van der Waals surface area contributed by atoms with Crippen LogP contribution in [0, 0.1) is 0 Å². The van der Waals surface area contributed by atoms with Crippen molar-refractivity contribution in [2.75, 3.05) is 19.7 Å². The Morgan fingerprint density at radius 1 is 1.35 bits per heavy atom. The van der Waals surface area contributed by atoms with Gasteiger partial charge in [-0.2, -0.15) is 0 Å². The van der Waals surface area contributed by atoms with Crippen molar-refractivity contribution in [2.45, 2.75) is 12.5 Å². The fourth-order valence-electron chi connectivity index (χ4n) is 2.07. The van der Waals surface area contributed by atoms with Crippen molar-refractivity contribution in [2.24, 2.45) is 0 Å². The third-order valence-corrected chi connectivity index (χ3v) is 3.07. The van der Waals surface area contributed by atoms with E-state index < -0.39 is 12.1 Å². The molecule has 1 heterocycles. The number of hydrogen-bond donors (Lipinski definition) is 1. The van der Waals surface area contributed by atoms with Gasteiger partial charge >= 0.3 is 5.97 Å². The molecule has 1 aromatic rings. The number of amides is 1. The topological polar surface area (TPSA) is 66.8 Å². The number of benzene rings is 1. The average Bonchev–Trinajstić information content (AvgIpc) is 2.45. The zero-order valence-electron chi connectivity index (χ0n) is 11.1. The van der Waals surface area contributed by atoms with Crippen molar-refractivity contribution >= 4 is 18.0 Å². The zero-order valence-corrected chi connectivity index (χ0v) is 11.1. The van der Waals surface area contributed by atoms with Gasteiger partial charge in [-0.05, 0) is 11.6 Å². The van der Waals surface area contributed by atoms with Crippen molar-refractivity contribution in [1.29, 1.82) is 0 Å². The van der Waals surface area contributed by atoms with Crippen LogP contribution in [-0.2, 0) is 14.3 Å². The van der Waals surface area contributed by atoms with Gasteiger partial charge in [-0.25, -0.2) is 0 Å². The van der Waals surface area contributed by atoms with E-state index in [-0.39, 0.29) is 12.3 Å². The molecule has 0 spiro atoms. The molecule has 0 bridgehead atoms. The summed E-state index contributed by atoms with van der Waals surface area (Å²) in [5, 5.41) is 8.75. The summed E-state index contributed by atoms with van der Waals surface area (Å²) in [6.45, 7) is 1.20. The standard InChI is InChI=1S/C15H17NO4/c17-14(7-6-12-4-2-1-3-5-12)16-8-9-20-13(11-16)10-15(18)19/h1-7,13H,8-11H2,(H,18,19)/b7-6+/t13-/m1/s1. The molecule has 0 aromatic heterocycles. The fourth-order valence-corrected chi connectivity index (χ4v) is 2.07. The van der Waals surface area contributed by atoms with Crippen molar-refractivity contribution in [3.8, 4) is 0 Å². The van der Waals surface area contributed by atoms with Gasteiger partial charge in [0, 0.05) is 19.2 Å². The maximum atomic E-state index is 12.0. The van der Waals surface area contributed by atoms with E-state index >= 15 is 0 Å². The Hall–Kier alpha value is -2.14. The van der Waals surface area contributed by atoms with E-state index in [1.54, 1.807) is 11.0 Å². The minimum Gasteiger partial charge on any atom is -0.481 e. The molecular weight excluding hydrogens is 258 g/mol. The molecule has 20 heavy (non-hydrogen) atoms. The van der Waals surface area contributed by atoms with Crippen LogP contribution in [-0.4, -0.2) is 47.7 Å². The van der Waals surface area contributed by atoms with Gasteiger partial charge in [0.1, 0.15) is 0 Å². The summed E-state index contributed by atoms with van der Waals surface area (Å²) in [5.41, 5.74) is 0.955. The lowest BCUT2D eigenvalue weighted by Gasteiger charge is -2.31. The number of hydrogen-bond acceptors (Lipinski definition) is 3. The highest BCUT2D eigenvalue weighted by atomic mass is 16.5. The predicted octanol–water partition coefficient (Wildman–Crippen LogP) is 1.40. The minimum absolute atomic E-state index is 0.0772. The lowest BCUT2D eigenvalue weighted by Crippen LogP contribution is -2.45. The molecule has 1 aromatic carbocycles. The van der Waals surface area contributed by atoms with Crippen LogP contribution in [0.4, 0.5) is 0 Å². The Balaban J connectivity index is 1.92. The molecule has 1 atom stereocenters. The number of carbonyl (C=O) groups is 2. The van der Waals surface area contributed by atoms with Gasteiger partial charge < -0.3 is 14.7 Å². The van der Waals surface area contributed by atoms with Crippen LogP contribution in [0.1, 0.15) is 12.0 Å². The summed E-state index contributed by atoms with van der Waals surface area (Å²) in [7, 11) is 0. The lowest BCUT2D eigenvalue weighted by molar-refractivity contribution is -0.145. The van der Waals surface area contributed by atoms with Gasteiger partial charge in [0.15, 0.2) is 0 Å². The predicted molar refractivity (Wildman–Crippen MR) is 74.0 cm³/mol.